The third-order valence-corrected chi connectivity index (χ3v) is 7.20. The van der Waals surface area contributed by atoms with Crippen molar-refractivity contribution in [3.8, 4) is 5.69 Å². The van der Waals surface area contributed by atoms with Gasteiger partial charge in [0.1, 0.15) is 17.5 Å². The number of rotatable bonds is 6. The van der Waals surface area contributed by atoms with E-state index in [0.29, 0.717) is 10.9 Å². The van der Waals surface area contributed by atoms with Crippen LogP contribution in [0, 0.1) is 5.82 Å². The first-order chi connectivity index (χ1) is 17.5. The molecule has 2 aromatic heterocycles. The molecule has 2 N–H and O–H groups in total. The van der Waals surface area contributed by atoms with E-state index in [-0.39, 0.29) is 23.6 Å². The van der Waals surface area contributed by atoms with Crippen LogP contribution in [0.4, 0.5) is 10.2 Å². The average molecular weight is 505 g/mol. The quantitative estimate of drug-likeness (QED) is 0.355. The number of hydrogen-bond acceptors (Lipinski definition) is 5. The summed E-state index contributed by atoms with van der Waals surface area (Å²) >= 11 is 6.22. The molecule has 2 fully saturated rings. The van der Waals surface area contributed by atoms with Crippen molar-refractivity contribution in [2.45, 2.75) is 56.5 Å². The maximum Gasteiger partial charge on any atom is 0.254 e. The van der Waals surface area contributed by atoms with Gasteiger partial charge in [-0.2, -0.15) is 5.10 Å². The largest absolute Gasteiger partial charge is 0.367 e. The number of nitrogens with one attached hydrogen (secondary N) is 2. The summed E-state index contributed by atoms with van der Waals surface area (Å²) in [7, 11) is 0. The lowest BCUT2D eigenvalue weighted by Crippen LogP contribution is -2.40. The zero-order valence-electron chi connectivity index (χ0n) is 19.6. The summed E-state index contributed by atoms with van der Waals surface area (Å²) in [5.41, 5.74) is 1.71. The summed E-state index contributed by atoms with van der Waals surface area (Å²) in [6.07, 6.45) is 7.36. The second-order valence-corrected chi connectivity index (χ2v) is 10.1. The number of aromatic nitrogens is 4. The van der Waals surface area contributed by atoms with Gasteiger partial charge >= 0.3 is 0 Å². The van der Waals surface area contributed by atoms with Crippen molar-refractivity contribution in [3.63, 3.8) is 0 Å². The molecule has 2 saturated carbocycles. The normalized spacial score (nSPS) is 19.8. The number of anilines is 1. The molecule has 0 aliphatic heterocycles. The van der Waals surface area contributed by atoms with E-state index < -0.39 is 5.82 Å². The lowest BCUT2D eigenvalue weighted by Gasteiger charge is -2.30. The van der Waals surface area contributed by atoms with E-state index in [2.05, 4.69) is 15.7 Å². The van der Waals surface area contributed by atoms with Gasteiger partial charge < -0.3 is 10.6 Å². The van der Waals surface area contributed by atoms with Crippen molar-refractivity contribution < 1.29 is 9.18 Å². The maximum atomic E-state index is 14.0. The Hall–Kier alpha value is -3.52. The van der Waals surface area contributed by atoms with Crippen LogP contribution in [0.3, 0.4) is 0 Å². The Morgan fingerprint density at radius 2 is 1.75 bits per heavy atom. The highest BCUT2D eigenvalue weighted by Gasteiger charge is 2.30. The van der Waals surface area contributed by atoms with Crippen molar-refractivity contribution in [1.82, 2.24) is 25.1 Å². The first kappa shape index (κ1) is 22.9. The second-order valence-electron chi connectivity index (χ2n) is 9.62. The van der Waals surface area contributed by atoms with Crippen LogP contribution in [0.15, 0.2) is 54.7 Å². The molecule has 2 heterocycles. The number of nitrogens with zero attached hydrogens (tertiary/aromatic N) is 4. The van der Waals surface area contributed by atoms with Crippen LogP contribution >= 0.6 is 11.6 Å². The first-order valence-corrected chi connectivity index (χ1v) is 12.8. The van der Waals surface area contributed by atoms with Crippen LogP contribution < -0.4 is 10.6 Å². The molecule has 2 aliphatic rings. The standard InChI is InChI=1S/C27H26ClFN6O/c28-17-4-3-5-20(14-17)35-26-22(15-30-35)25(33-24(34-26)16-8-9-16)31-18-10-12-19(13-11-18)32-27(36)21-6-1-2-7-23(21)29/h1-7,14-16,18-19H,8-13H2,(H,32,36)(H,31,33,34). The van der Waals surface area contributed by atoms with Crippen LogP contribution in [-0.4, -0.2) is 37.7 Å². The number of fused-ring (bicyclic) bond motifs is 1. The van der Waals surface area contributed by atoms with Gasteiger partial charge in [0, 0.05) is 23.0 Å². The van der Waals surface area contributed by atoms with E-state index in [1.54, 1.807) is 18.3 Å². The Balaban J connectivity index is 1.18. The molecule has 7 nitrogen and oxygen atoms in total. The molecule has 0 atom stereocenters. The van der Waals surface area contributed by atoms with Gasteiger partial charge in [0.05, 0.1) is 22.8 Å². The van der Waals surface area contributed by atoms with Crippen LogP contribution in [0.2, 0.25) is 5.02 Å². The van der Waals surface area contributed by atoms with Gasteiger partial charge in [-0.15, -0.1) is 0 Å². The number of halogens is 2. The monoisotopic (exact) mass is 504 g/mol. The number of carbonyl (C=O) groups excluding carboxylic acids is 1. The first-order valence-electron chi connectivity index (χ1n) is 12.4. The number of hydrogen-bond donors (Lipinski definition) is 2. The number of benzene rings is 2. The molecule has 6 rings (SSSR count). The molecule has 2 aromatic carbocycles. The van der Waals surface area contributed by atoms with E-state index in [1.807, 2.05) is 28.9 Å². The van der Waals surface area contributed by atoms with Gasteiger partial charge in [-0.05, 0) is 68.9 Å². The number of amides is 1. The summed E-state index contributed by atoms with van der Waals surface area (Å²) in [5, 5.41) is 12.7. The SMILES string of the molecule is O=C(NC1CCC(Nc2nc(C3CC3)nc3c2cnn3-c2cccc(Cl)c2)CC1)c1ccccc1F. The van der Waals surface area contributed by atoms with Gasteiger partial charge in [-0.1, -0.05) is 29.8 Å². The zero-order chi connectivity index (χ0) is 24.6. The van der Waals surface area contributed by atoms with Crippen molar-refractivity contribution in [2.24, 2.45) is 0 Å². The third kappa shape index (κ3) is 4.65. The lowest BCUT2D eigenvalue weighted by atomic mass is 9.91. The molecule has 9 heteroatoms. The van der Waals surface area contributed by atoms with Crippen LogP contribution in [0.1, 0.15) is 60.6 Å². The lowest BCUT2D eigenvalue weighted by molar-refractivity contribution is 0.0922. The summed E-state index contributed by atoms with van der Waals surface area (Å²) in [4.78, 5) is 22.3. The van der Waals surface area contributed by atoms with E-state index >= 15 is 0 Å². The van der Waals surface area contributed by atoms with Gasteiger partial charge in [0.25, 0.3) is 5.91 Å². The highest BCUT2D eigenvalue weighted by atomic mass is 35.5. The Labute approximate surface area is 213 Å². The molecule has 36 heavy (non-hydrogen) atoms. The molecule has 2 aliphatic carbocycles. The van der Waals surface area contributed by atoms with Gasteiger partial charge in [0.2, 0.25) is 0 Å². The molecule has 1 amide bonds. The molecule has 4 aromatic rings. The molecule has 0 unspecified atom stereocenters. The fourth-order valence-electron chi connectivity index (χ4n) is 4.84. The molecule has 0 radical (unpaired) electrons. The second kappa shape index (κ2) is 9.50. The molecular weight excluding hydrogens is 479 g/mol. The van der Waals surface area contributed by atoms with E-state index in [4.69, 9.17) is 21.6 Å². The Morgan fingerprint density at radius 1 is 0.972 bits per heavy atom. The van der Waals surface area contributed by atoms with E-state index in [9.17, 15) is 9.18 Å². The zero-order valence-corrected chi connectivity index (χ0v) is 20.4. The highest BCUT2D eigenvalue weighted by Crippen LogP contribution is 2.40. The third-order valence-electron chi connectivity index (χ3n) is 6.96. The average Bonchev–Trinajstić information content (AvgIpc) is 3.64. The Morgan fingerprint density at radius 3 is 2.50 bits per heavy atom. The van der Waals surface area contributed by atoms with Gasteiger partial charge in [-0.25, -0.2) is 19.0 Å². The van der Waals surface area contributed by atoms with Crippen molar-refractivity contribution in [2.75, 3.05) is 5.32 Å². The van der Waals surface area contributed by atoms with Gasteiger partial charge in [-0.3, -0.25) is 4.79 Å². The van der Waals surface area contributed by atoms with Crippen LogP contribution in [0.5, 0.6) is 0 Å². The van der Waals surface area contributed by atoms with E-state index in [1.165, 1.54) is 12.1 Å². The minimum Gasteiger partial charge on any atom is -0.367 e. The van der Waals surface area contributed by atoms with Crippen LogP contribution in [0.25, 0.3) is 16.7 Å². The molecular formula is C27H26ClFN6O. The Kier molecular flexibility index (Phi) is 6.05. The van der Waals surface area contributed by atoms with Crippen molar-refractivity contribution in [1.29, 1.82) is 0 Å². The van der Waals surface area contributed by atoms with Crippen molar-refractivity contribution >= 4 is 34.4 Å². The summed E-state index contributed by atoms with van der Waals surface area (Å²) in [6.45, 7) is 0. The number of carbonyl (C=O) groups is 1. The van der Waals surface area contributed by atoms with Crippen molar-refractivity contribution in [3.05, 3.63) is 77.0 Å². The minimum absolute atomic E-state index is 0.0215. The van der Waals surface area contributed by atoms with E-state index in [0.717, 1.165) is 66.9 Å². The van der Waals surface area contributed by atoms with Gasteiger partial charge in [0.15, 0.2) is 5.65 Å². The predicted molar refractivity (Wildman–Crippen MR) is 137 cm³/mol. The molecule has 0 spiro atoms. The van der Waals surface area contributed by atoms with Crippen LogP contribution in [-0.2, 0) is 0 Å². The summed E-state index contributed by atoms with van der Waals surface area (Å²) in [6, 6.07) is 13.9. The summed E-state index contributed by atoms with van der Waals surface area (Å²) < 4.78 is 15.8. The maximum absolute atomic E-state index is 14.0. The fraction of sp³-hybridized carbons (Fsp3) is 0.333. The Bertz CT molecular complexity index is 1430. The molecule has 0 saturated heterocycles. The topological polar surface area (TPSA) is 84.7 Å². The highest BCUT2D eigenvalue weighted by molar-refractivity contribution is 6.30. The summed E-state index contributed by atoms with van der Waals surface area (Å²) in [5.74, 6) is 1.18. The minimum atomic E-state index is -0.497. The molecule has 0 bridgehead atoms. The molecule has 184 valence electrons. The predicted octanol–water partition coefficient (Wildman–Crippen LogP) is 5.64. The smallest absolute Gasteiger partial charge is 0.254 e. The fourth-order valence-corrected chi connectivity index (χ4v) is 5.02.